The third kappa shape index (κ3) is 2.43. The molecule has 2 aliphatic rings. The second kappa shape index (κ2) is 5.22. The van der Waals surface area contributed by atoms with Crippen LogP contribution in [-0.2, 0) is 13.0 Å². The Morgan fingerprint density at radius 1 is 1.39 bits per heavy atom. The molecule has 0 saturated carbocycles. The smallest absolute Gasteiger partial charge is 0.127 e. The highest BCUT2D eigenvalue weighted by Gasteiger charge is 2.27. The minimum absolute atomic E-state index is 0.844. The molecule has 1 aromatic rings. The van der Waals surface area contributed by atoms with Crippen LogP contribution in [0.4, 0.5) is 0 Å². The van der Waals surface area contributed by atoms with Gasteiger partial charge in [-0.2, -0.15) is 0 Å². The maximum Gasteiger partial charge on any atom is 0.127 e. The minimum Gasteiger partial charge on any atom is -0.493 e. The van der Waals surface area contributed by atoms with E-state index in [1.54, 1.807) is 0 Å². The lowest BCUT2D eigenvalue weighted by Crippen LogP contribution is -2.45. The molecule has 0 N–H and O–H groups in total. The Hall–Kier alpha value is -0.540. The molecule has 98 valence electrons. The predicted octanol–water partition coefficient (Wildman–Crippen LogP) is 3.62. The number of likely N-dealkylation sites (tertiary alicyclic amines) is 1. The van der Waals surface area contributed by atoms with Crippen LogP contribution < -0.4 is 4.74 Å². The van der Waals surface area contributed by atoms with E-state index in [1.165, 1.54) is 41.5 Å². The summed E-state index contributed by atoms with van der Waals surface area (Å²) >= 11 is 3.61. The molecule has 2 nitrogen and oxygen atoms in total. The van der Waals surface area contributed by atoms with Crippen LogP contribution in [0, 0.1) is 5.92 Å². The Morgan fingerprint density at radius 3 is 3.00 bits per heavy atom. The molecule has 1 fully saturated rings. The second-order valence-corrected chi connectivity index (χ2v) is 6.42. The van der Waals surface area contributed by atoms with Crippen LogP contribution in [0.25, 0.3) is 0 Å². The molecular formula is C15H20BrNO. The number of hydrogen-bond donors (Lipinski definition) is 0. The molecule has 18 heavy (non-hydrogen) atoms. The summed E-state index contributed by atoms with van der Waals surface area (Å²) in [7, 11) is 0. The van der Waals surface area contributed by atoms with Crippen LogP contribution in [-0.4, -0.2) is 24.6 Å². The lowest BCUT2D eigenvalue weighted by atomic mass is 9.94. The summed E-state index contributed by atoms with van der Waals surface area (Å²) < 4.78 is 6.97. The third-order valence-electron chi connectivity index (χ3n) is 3.95. The molecule has 0 aliphatic carbocycles. The van der Waals surface area contributed by atoms with Gasteiger partial charge >= 0.3 is 0 Å². The lowest BCUT2D eigenvalue weighted by molar-refractivity contribution is 0.0850. The van der Waals surface area contributed by atoms with E-state index in [4.69, 9.17) is 4.74 Å². The number of benzene rings is 1. The molecule has 1 aromatic carbocycles. The second-order valence-electron chi connectivity index (χ2n) is 5.50. The fourth-order valence-corrected chi connectivity index (χ4v) is 3.65. The number of nitrogens with zero attached hydrogens (tertiary/aromatic N) is 1. The van der Waals surface area contributed by atoms with Crippen LogP contribution in [0.5, 0.6) is 5.75 Å². The van der Waals surface area contributed by atoms with Gasteiger partial charge in [-0.05, 0) is 30.0 Å². The molecule has 0 amide bonds. The zero-order valence-electron chi connectivity index (χ0n) is 10.9. The standard InChI is InChI=1S/C15H20BrNO/c1-2-3-11-8-17(9-11)10-13-7-14(16)6-12-4-5-18-15(12)13/h6-7,11H,2-5,8-10H2,1H3. The van der Waals surface area contributed by atoms with Gasteiger partial charge in [0, 0.05) is 36.1 Å². The van der Waals surface area contributed by atoms with E-state index in [0.29, 0.717) is 0 Å². The molecule has 0 spiro atoms. The first-order chi connectivity index (χ1) is 8.76. The first-order valence-electron chi connectivity index (χ1n) is 6.92. The molecular weight excluding hydrogens is 290 g/mol. The van der Waals surface area contributed by atoms with E-state index < -0.39 is 0 Å². The number of hydrogen-bond acceptors (Lipinski definition) is 2. The largest absolute Gasteiger partial charge is 0.493 e. The first kappa shape index (κ1) is 12.5. The number of ether oxygens (including phenoxy) is 1. The summed E-state index contributed by atoms with van der Waals surface area (Å²) in [6.07, 6.45) is 3.75. The van der Waals surface area contributed by atoms with Crippen molar-refractivity contribution in [3.05, 3.63) is 27.7 Å². The molecule has 3 rings (SSSR count). The Morgan fingerprint density at radius 2 is 2.22 bits per heavy atom. The third-order valence-corrected chi connectivity index (χ3v) is 4.41. The average molecular weight is 310 g/mol. The Kier molecular flexibility index (Phi) is 3.62. The van der Waals surface area contributed by atoms with E-state index in [1.807, 2.05) is 0 Å². The van der Waals surface area contributed by atoms with Crippen molar-refractivity contribution < 1.29 is 4.74 Å². The molecule has 0 radical (unpaired) electrons. The summed E-state index contributed by atoms with van der Waals surface area (Å²) in [5.41, 5.74) is 2.72. The van der Waals surface area contributed by atoms with E-state index in [9.17, 15) is 0 Å². The zero-order chi connectivity index (χ0) is 12.5. The predicted molar refractivity (Wildman–Crippen MR) is 77.0 cm³/mol. The highest BCUT2D eigenvalue weighted by Crippen LogP contribution is 2.35. The Balaban J connectivity index is 1.67. The van der Waals surface area contributed by atoms with Crippen molar-refractivity contribution in [1.29, 1.82) is 0 Å². The maximum absolute atomic E-state index is 5.78. The molecule has 3 heteroatoms. The van der Waals surface area contributed by atoms with Gasteiger partial charge in [-0.1, -0.05) is 29.3 Å². The lowest BCUT2D eigenvalue weighted by Gasteiger charge is -2.39. The molecule has 2 heterocycles. The quantitative estimate of drug-likeness (QED) is 0.842. The molecule has 0 aromatic heterocycles. The SMILES string of the molecule is CCCC1CN(Cc2cc(Br)cc3c2OCC3)C1. The monoisotopic (exact) mass is 309 g/mol. The van der Waals surface area contributed by atoms with E-state index >= 15 is 0 Å². The van der Waals surface area contributed by atoms with Crippen molar-refractivity contribution in [2.75, 3.05) is 19.7 Å². The van der Waals surface area contributed by atoms with Crippen LogP contribution >= 0.6 is 15.9 Å². The average Bonchev–Trinajstić information content (AvgIpc) is 2.74. The maximum atomic E-state index is 5.78. The summed E-state index contributed by atoms with van der Waals surface area (Å²) in [5, 5.41) is 0. The normalized spacial score (nSPS) is 19.4. The Bertz CT molecular complexity index is 440. The van der Waals surface area contributed by atoms with Crippen molar-refractivity contribution in [2.24, 2.45) is 5.92 Å². The molecule has 0 unspecified atom stereocenters. The van der Waals surface area contributed by atoms with Crippen LogP contribution in [0.3, 0.4) is 0 Å². The fraction of sp³-hybridized carbons (Fsp3) is 0.600. The topological polar surface area (TPSA) is 12.5 Å². The summed E-state index contributed by atoms with van der Waals surface area (Å²) in [5.74, 6) is 2.08. The minimum atomic E-state index is 0.844. The van der Waals surface area contributed by atoms with Crippen molar-refractivity contribution in [1.82, 2.24) is 4.90 Å². The van der Waals surface area contributed by atoms with E-state index in [-0.39, 0.29) is 0 Å². The van der Waals surface area contributed by atoms with Crippen molar-refractivity contribution in [3.63, 3.8) is 0 Å². The van der Waals surface area contributed by atoms with Crippen molar-refractivity contribution >= 4 is 15.9 Å². The van der Waals surface area contributed by atoms with Gasteiger partial charge in [-0.3, -0.25) is 4.90 Å². The highest BCUT2D eigenvalue weighted by molar-refractivity contribution is 9.10. The van der Waals surface area contributed by atoms with Crippen LogP contribution in [0.1, 0.15) is 30.9 Å². The zero-order valence-corrected chi connectivity index (χ0v) is 12.5. The summed E-state index contributed by atoms with van der Waals surface area (Å²) in [6.45, 7) is 6.68. The van der Waals surface area contributed by atoms with Gasteiger partial charge in [0.15, 0.2) is 0 Å². The number of rotatable bonds is 4. The van der Waals surface area contributed by atoms with Gasteiger partial charge in [-0.25, -0.2) is 0 Å². The fourth-order valence-electron chi connectivity index (χ4n) is 3.10. The van der Waals surface area contributed by atoms with Crippen LogP contribution in [0.2, 0.25) is 0 Å². The van der Waals surface area contributed by atoms with Gasteiger partial charge in [0.2, 0.25) is 0 Å². The van der Waals surface area contributed by atoms with E-state index in [2.05, 4.69) is 39.9 Å². The molecule has 0 atom stereocenters. The Labute approximate surface area is 117 Å². The van der Waals surface area contributed by atoms with Gasteiger partial charge in [0.05, 0.1) is 6.61 Å². The van der Waals surface area contributed by atoms with E-state index in [0.717, 1.165) is 31.2 Å². The summed E-state index contributed by atoms with van der Waals surface area (Å²) in [6, 6.07) is 4.42. The molecule has 0 bridgehead atoms. The van der Waals surface area contributed by atoms with Crippen molar-refractivity contribution in [3.8, 4) is 5.75 Å². The first-order valence-corrected chi connectivity index (χ1v) is 7.72. The van der Waals surface area contributed by atoms with Crippen LogP contribution in [0.15, 0.2) is 16.6 Å². The number of fused-ring (bicyclic) bond motifs is 1. The molecule has 2 aliphatic heterocycles. The van der Waals surface area contributed by atoms with Gasteiger partial charge in [-0.15, -0.1) is 0 Å². The highest BCUT2D eigenvalue weighted by atomic mass is 79.9. The number of halogens is 1. The summed E-state index contributed by atoms with van der Waals surface area (Å²) in [4.78, 5) is 2.53. The van der Waals surface area contributed by atoms with Gasteiger partial charge in [0.25, 0.3) is 0 Å². The van der Waals surface area contributed by atoms with Gasteiger partial charge in [0.1, 0.15) is 5.75 Å². The van der Waals surface area contributed by atoms with Crippen molar-refractivity contribution in [2.45, 2.75) is 32.7 Å². The molecule has 1 saturated heterocycles. The van der Waals surface area contributed by atoms with Gasteiger partial charge < -0.3 is 4.74 Å².